The van der Waals surface area contributed by atoms with Gasteiger partial charge in [-0.1, -0.05) is 30.0 Å². The first-order chi connectivity index (χ1) is 15.9. The molecule has 0 saturated carbocycles. The lowest BCUT2D eigenvalue weighted by atomic mass is 10.2. The van der Waals surface area contributed by atoms with Gasteiger partial charge in [0, 0.05) is 19.3 Å². The number of pyridine rings is 1. The maximum absolute atomic E-state index is 13.5. The van der Waals surface area contributed by atoms with Gasteiger partial charge < -0.3 is 14.1 Å². The number of aromatic nitrogens is 2. The Bertz CT molecular complexity index is 1310. The number of hydrogen-bond donors (Lipinski definition) is 0. The Morgan fingerprint density at radius 3 is 2.70 bits per heavy atom. The van der Waals surface area contributed by atoms with Gasteiger partial charge in [0.1, 0.15) is 21.5 Å². The SMILES string of the molecule is CC1CN(c2nc3ccccn3c(=O)c2C=C2SC(=S)N(Cc3ccco3)C2=O)CC(C)O1. The van der Waals surface area contributed by atoms with Gasteiger partial charge in [-0.2, -0.15) is 0 Å². The fraction of sp³-hybridized carbons (Fsp3) is 0.304. The normalized spacial score (nSPS) is 22.7. The van der Waals surface area contributed by atoms with Crippen LogP contribution in [0.25, 0.3) is 11.7 Å². The number of anilines is 1. The second-order valence-corrected chi connectivity index (χ2v) is 9.77. The number of fused-ring (bicyclic) bond motifs is 1. The Hall–Kier alpha value is -2.95. The van der Waals surface area contributed by atoms with Crippen molar-refractivity contribution in [2.24, 2.45) is 0 Å². The molecular formula is C23H22N4O4S2. The number of amides is 1. The molecule has 2 unspecified atom stereocenters. The van der Waals surface area contributed by atoms with Crippen molar-refractivity contribution in [3.05, 3.63) is 69.4 Å². The number of thioether (sulfide) groups is 1. The van der Waals surface area contributed by atoms with Crippen molar-refractivity contribution in [1.82, 2.24) is 14.3 Å². The number of nitrogens with zero attached hydrogens (tertiary/aromatic N) is 4. The lowest BCUT2D eigenvalue weighted by Crippen LogP contribution is -2.46. The first-order valence-corrected chi connectivity index (χ1v) is 11.8. The summed E-state index contributed by atoms with van der Waals surface area (Å²) in [5.41, 5.74) is 0.670. The summed E-state index contributed by atoms with van der Waals surface area (Å²) in [6, 6.07) is 8.98. The van der Waals surface area contributed by atoms with Crippen LogP contribution in [0.2, 0.25) is 0 Å². The molecule has 2 saturated heterocycles. The van der Waals surface area contributed by atoms with Crippen LogP contribution in [0.15, 0.2) is 56.9 Å². The van der Waals surface area contributed by atoms with Crippen LogP contribution in [0, 0.1) is 0 Å². The van der Waals surface area contributed by atoms with E-state index in [4.69, 9.17) is 26.4 Å². The average molecular weight is 483 g/mol. The summed E-state index contributed by atoms with van der Waals surface area (Å²) < 4.78 is 13.1. The molecule has 5 heterocycles. The molecule has 2 aliphatic heterocycles. The topological polar surface area (TPSA) is 80.3 Å². The lowest BCUT2D eigenvalue weighted by molar-refractivity contribution is -0.122. The molecule has 170 valence electrons. The molecule has 0 bridgehead atoms. The van der Waals surface area contributed by atoms with Crippen LogP contribution >= 0.6 is 24.0 Å². The summed E-state index contributed by atoms with van der Waals surface area (Å²) in [4.78, 5) is 35.4. The third-order valence-electron chi connectivity index (χ3n) is 5.51. The molecule has 3 aromatic rings. The Kier molecular flexibility index (Phi) is 5.81. The quantitative estimate of drug-likeness (QED) is 0.414. The van der Waals surface area contributed by atoms with Crippen LogP contribution in [-0.2, 0) is 16.1 Å². The van der Waals surface area contributed by atoms with Crippen molar-refractivity contribution >= 4 is 51.7 Å². The molecule has 0 aromatic carbocycles. The van der Waals surface area contributed by atoms with Crippen LogP contribution < -0.4 is 10.5 Å². The van der Waals surface area contributed by atoms with Crippen LogP contribution in [0.3, 0.4) is 0 Å². The molecule has 33 heavy (non-hydrogen) atoms. The van der Waals surface area contributed by atoms with Crippen molar-refractivity contribution in [1.29, 1.82) is 0 Å². The molecule has 2 fully saturated rings. The van der Waals surface area contributed by atoms with E-state index >= 15 is 0 Å². The van der Waals surface area contributed by atoms with Gasteiger partial charge in [-0.05, 0) is 44.2 Å². The largest absolute Gasteiger partial charge is 0.467 e. The highest BCUT2D eigenvalue weighted by Crippen LogP contribution is 2.34. The van der Waals surface area contributed by atoms with Crippen molar-refractivity contribution in [3.63, 3.8) is 0 Å². The molecule has 0 radical (unpaired) electrons. The summed E-state index contributed by atoms with van der Waals surface area (Å²) in [6.45, 7) is 5.43. The van der Waals surface area contributed by atoms with Gasteiger partial charge in [-0.25, -0.2) is 4.98 Å². The minimum Gasteiger partial charge on any atom is -0.467 e. The molecule has 5 rings (SSSR count). The van der Waals surface area contributed by atoms with E-state index in [-0.39, 0.29) is 30.2 Å². The molecule has 2 atom stereocenters. The second kappa shape index (κ2) is 8.77. The van der Waals surface area contributed by atoms with E-state index in [0.717, 1.165) is 0 Å². The maximum Gasteiger partial charge on any atom is 0.267 e. The Labute approximate surface area is 199 Å². The van der Waals surface area contributed by atoms with Gasteiger partial charge in [0.15, 0.2) is 0 Å². The van der Waals surface area contributed by atoms with Gasteiger partial charge in [0.2, 0.25) is 0 Å². The van der Waals surface area contributed by atoms with E-state index < -0.39 is 0 Å². The predicted octanol–water partition coefficient (Wildman–Crippen LogP) is 3.30. The van der Waals surface area contributed by atoms with Crippen LogP contribution in [0.4, 0.5) is 5.82 Å². The highest BCUT2D eigenvalue weighted by Gasteiger charge is 2.34. The third-order valence-corrected chi connectivity index (χ3v) is 6.89. The monoisotopic (exact) mass is 482 g/mol. The Morgan fingerprint density at radius 1 is 1.18 bits per heavy atom. The summed E-state index contributed by atoms with van der Waals surface area (Å²) in [5.74, 6) is 0.926. The number of carbonyl (C=O) groups excluding carboxylic acids is 1. The standard InChI is InChI=1S/C23H22N4O4S2/c1-14-11-25(12-15(2)31-14)20-17(21(28)26-8-4-3-7-19(26)24-20)10-18-22(29)27(23(32)33-18)13-16-6-5-9-30-16/h3-10,14-15H,11-13H2,1-2H3. The highest BCUT2D eigenvalue weighted by molar-refractivity contribution is 8.26. The predicted molar refractivity (Wildman–Crippen MR) is 131 cm³/mol. The molecule has 10 heteroatoms. The Morgan fingerprint density at radius 2 is 1.97 bits per heavy atom. The molecule has 2 aliphatic rings. The average Bonchev–Trinajstić information content (AvgIpc) is 3.39. The second-order valence-electron chi connectivity index (χ2n) is 8.09. The smallest absolute Gasteiger partial charge is 0.267 e. The minimum absolute atomic E-state index is 0.0101. The molecule has 0 spiro atoms. The van der Waals surface area contributed by atoms with Gasteiger partial charge in [0.05, 0.1) is 35.5 Å². The number of carbonyl (C=O) groups is 1. The molecular weight excluding hydrogens is 460 g/mol. The van der Waals surface area contributed by atoms with Crippen molar-refractivity contribution in [2.45, 2.75) is 32.6 Å². The van der Waals surface area contributed by atoms with E-state index in [1.165, 1.54) is 21.1 Å². The van der Waals surface area contributed by atoms with Crippen molar-refractivity contribution in [2.75, 3.05) is 18.0 Å². The molecule has 8 nitrogen and oxygen atoms in total. The molecule has 0 aliphatic carbocycles. The molecule has 3 aromatic heterocycles. The number of hydrogen-bond acceptors (Lipinski definition) is 8. The summed E-state index contributed by atoms with van der Waals surface area (Å²) in [6.07, 6.45) is 4.84. The Balaban J connectivity index is 1.59. The number of morpholine rings is 1. The van der Waals surface area contributed by atoms with Gasteiger partial charge in [-0.3, -0.25) is 18.9 Å². The van der Waals surface area contributed by atoms with Crippen molar-refractivity contribution in [3.8, 4) is 0 Å². The lowest BCUT2D eigenvalue weighted by Gasteiger charge is -2.36. The molecule has 1 amide bonds. The van der Waals surface area contributed by atoms with Crippen molar-refractivity contribution < 1.29 is 13.9 Å². The summed E-state index contributed by atoms with van der Waals surface area (Å²) in [7, 11) is 0. The van der Waals surface area contributed by atoms with Gasteiger partial charge in [-0.15, -0.1) is 0 Å². The van der Waals surface area contributed by atoms with E-state index in [1.807, 2.05) is 19.9 Å². The zero-order chi connectivity index (χ0) is 23.1. The summed E-state index contributed by atoms with van der Waals surface area (Å²) in [5, 5.41) is 0. The number of ether oxygens (including phenoxy) is 1. The maximum atomic E-state index is 13.5. The van der Waals surface area contributed by atoms with E-state index in [9.17, 15) is 9.59 Å². The van der Waals surface area contributed by atoms with Crippen LogP contribution in [-0.4, -0.2) is 49.8 Å². The first kappa shape index (κ1) is 21.9. The number of thiocarbonyl (C=S) groups is 1. The fourth-order valence-electron chi connectivity index (χ4n) is 4.14. The zero-order valence-corrected chi connectivity index (χ0v) is 19.8. The highest BCUT2D eigenvalue weighted by atomic mass is 32.2. The minimum atomic E-state index is -0.256. The van der Waals surface area contributed by atoms with E-state index in [0.29, 0.717) is 45.1 Å². The van der Waals surface area contributed by atoms with Crippen LogP contribution in [0.5, 0.6) is 0 Å². The molecule has 0 N–H and O–H groups in total. The first-order valence-electron chi connectivity index (χ1n) is 10.6. The number of rotatable bonds is 4. The van der Waals surface area contributed by atoms with Gasteiger partial charge >= 0.3 is 0 Å². The number of furan rings is 1. The summed E-state index contributed by atoms with van der Waals surface area (Å²) >= 11 is 6.62. The third kappa shape index (κ3) is 4.21. The zero-order valence-electron chi connectivity index (χ0n) is 18.1. The van der Waals surface area contributed by atoms with Gasteiger partial charge in [0.25, 0.3) is 11.5 Å². The van der Waals surface area contributed by atoms with E-state index in [1.54, 1.807) is 42.8 Å². The van der Waals surface area contributed by atoms with Crippen LogP contribution in [0.1, 0.15) is 25.2 Å². The van der Waals surface area contributed by atoms with E-state index in [2.05, 4.69) is 4.90 Å². The fourth-order valence-corrected chi connectivity index (χ4v) is 5.37.